The fraction of sp³-hybridized carbons (Fsp3) is 0.600. The number of benzene rings is 1. The van der Waals surface area contributed by atoms with Crippen molar-refractivity contribution in [2.45, 2.75) is 19.8 Å². The van der Waals surface area contributed by atoms with Gasteiger partial charge in [0.15, 0.2) is 11.6 Å². The molecule has 0 bridgehead atoms. The van der Waals surface area contributed by atoms with E-state index in [0.717, 1.165) is 44.7 Å². The van der Waals surface area contributed by atoms with Crippen LogP contribution in [0.15, 0.2) is 18.2 Å². The van der Waals surface area contributed by atoms with E-state index in [2.05, 4.69) is 10.2 Å². The van der Waals surface area contributed by atoms with E-state index in [1.54, 1.807) is 12.1 Å². The monoisotopic (exact) mass is 266 g/mol. The van der Waals surface area contributed by atoms with Crippen molar-refractivity contribution < 1.29 is 9.13 Å². The van der Waals surface area contributed by atoms with Gasteiger partial charge in [0.1, 0.15) is 0 Å². The van der Waals surface area contributed by atoms with Crippen LogP contribution in [-0.4, -0.2) is 44.2 Å². The second kappa shape index (κ2) is 7.46. The summed E-state index contributed by atoms with van der Waals surface area (Å²) in [5, 5.41) is 3.39. The van der Waals surface area contributed by atoms with E-state index in [1.807, 2.05) is 13.0 Å². The summed E-state index contributed by atoms with van der Waals surface area (Å²) in [6.45, 7) is 7.73. The van der Waals surface area contributed by atoms with Gasteiger partial charge in [0.05, 0.1) is 6.61 Å². The van der Waals surface area contributed by atoms with Crippen molar-refractivity contribution in [3.8, 4) is 5.75 Å². The Labute approximate surface area is 114 Å². The molecule has 0 spiro atoms. The molecule has 2 rings (SSSR count). The van der Waals surface area contributed by atoms with Gasteiger partial charge >= 0.3 is 0 Å². The Morgan fingerprint density at radius 2 is 2.21 bits per heavy atom. The SMILES string of the molecule is CCOc1ccc(CCN2CCCNCC2)cc1F. The molecule has 4 heteroatoms. The first-order valence-electron chi connectivity index (χ1n) is 7.14. The van der Waals surface area contributed by atoms with Crippen LogP contribution < -0.4 is 10.1 Å². The van der Waals surface area contributed by atoms with Crippen LogP contribution in [0.3, 0.4) is 0 Å². The molecule has 1 N–H and O–H groups in total. The van der Waals surface area contributed by atoms with Gasteiger partial charge < -0.3 is 15.0 Å². The molecule has 1 heterocycles. The van der Waals surface area contributed by atoms with E-state index in [4.69, 9.17) is 4.74 Å². The lowest BCUT2D eigenvalue weighted by Gasteiger charge is -2.19. The zero-order valence-electron chi connectivity index (χ0n) is 11.6. The van der Waals surface area contributed by atoms with E-state index >= 15 is 0 Å². The summed E-state index contributed by atoms with van der Waals surface area (Å²) < 4.78 is 18.9. The molecule has 0 radical (unpaired) electrons. The number of hydrogen-bond acceptors (Lipinski definition) is 3. The minimum absolute atomic E-state index is 0.253. The molecule has 3 nitrogen and oxygen atoms in total. The largest absolute Gasteiger partial charge is 0.491 e. The minimum Gasteiger partial charge on any atom is -0.491 e. The average molecular weight is 266 g/mol. The lowest BCUT2D eigenvalue weighted by molar-refractivity contribution is 0.295. The summed E-state index contributed by atoms with van der Waals surface area (Å²) in [6.07, 6.45) is 2.08. The maximum Gasteiger partial charge on any atom is 0.165 e. The van der Waals surface area contributed by atoms with E-state index in [1.165, 1.54) is 6.42 Å². The predicted molar refractivity (Wildman–Crippen MR) is 75.2 cm³/mol. The first kappa shape index (κ1) is 14.3. The van der Waals surface area contributed by atoms with Gasteiger partial charge in [0.25, 0.3) is 0 Å². The molecule has 106 valence electrons. The van der Waals surface area contributed by atoms with Crippen molar-refractivity contribution in [3.05, 3.63) is 29.6 Å². The zero-order chi connectivity index (χ0) is 13.5. The van der Waals surface area contributed by atoms with Crippen LogP contribution in [0.5, 0.6) is 5.75 Å². The molecular weight excluding hydrogens is 243 g/mol. The maximum atomic E-state index is 13.7. The Bertz CT molecular complexity index is 390. The van der Waals surface area contributed by atoms with Crippen molar-refractivity contribution in [1.29, 1.82) is 0 Å². The Balaban J connectivity index is 1.86. The molecule has 1 fully saturated rings. The molecule has 0 saturated carbocycles. The van der Waals surface area contributed by atoms with Crippen LogP contribution in [0, 0.1) is 5.82 Å². The fourth-order valence-electron chi connectivity index (χ4n) is 2.38. The summed E-state index contributed by atoms with van der Waals surface area (Å²) in [5.74, 6) is 0.0992. The Hall–Kier alpha value is -1.13. The van der Waals surface area contributed by atoms with Gasteiger partial charge in [-0.2, -0.15) is 0 Å². The van der Waals surface area contributed by atoms with E-state index in [-0.39, 0.29) is 5.82 Å². The van der Waals surface area contributed by atoms with Crippen LogP contribution in [0.2, 0.25) is 0 Å². The number of nitrogens with one attached hydrogen (secondary N) is 1. The quantitative estimate of drug-likeness (QED) is 0.883. The van der Waals surface area contributed by atoms with Crippen LogP contribution >= 0.6 is 0 Å². The van der Waals surface area contributed by atoms with Crippen LogP contribution in [-0.2, 0) is 6.42 Å². The highest BCUT2D eigenvalue weighted by Crippen LogP contribution is 2.18. The van der Waals surface area contributed by atoms with Crippen molar-refractivity contribution in [1.82, 2.24) is 10.2 Å². The fourth-order valence-corrected chi connectivity index (χ4v) is 2.38. The van der Waals surface area contributed by atoms with Crippen LogP contribution in [0.1, 0.15) is 18.9 Å². The standard InChI is InChI=1S/C15H23FN2O/c1-2-19-15-5-4-13(12-14(15)16)6-10-18-9-3-7-17-8-11-18/h4-5,12,17H,2-3,6-11H2,1H3. The lowest BCUT2D eigenvalue weighted by atomic mass is 10.1. The Kier molecular flexibility index (Phi) is 5.61. The van der Waals surface area contributed by atoms with E-state index in [0.29, 0.717) is 12.4 Å². The first-order valence-corrected chi connectivity index (χ1v) is 7.14. The molecule has 0 aliphatic carbocycles. The van der Waals surface area contributed by atoms with Gasteiger partial charge in [-0.05, 0) is 50.6 Å². The van der Waals surface area contributed by atoms with E-state index < -0.39 is 0 Å². The van der Waals surface area contributed by atoms with Crippen molar-refractivity contribution in [2.75, 3.05) is 39.3 Å². The molecule has 1 aliphatic heterocycles. The van der Waals surface area contributed by atoms with Gasteiger partial charge in [-0.15, -0.1) is 0 Å². The molecule has 1 saturated heterocycles. The van der Waals surface area contributed by atoms with Crippen LogP contribution in [0.4, 0.5) is 4.39 Å². The highest BCUT2D eigenvalue weighted by Gasteiger charge is 2.09. The van der Waals surface area contributed by atoms with Gasteiger partial charge in [0, 0.05) is 19.6 Å². The molecule has 0 unspecified atom stereocenters. The number of halogens is 1. The molecule has 0 amide bonds. The summed E-state index contributed by atoms with van der Waals surface area (Å²) in [6, 6.07) is 5.29. The molecular formula is C15H23FN2O. The lowest BCUT2D eigenvalue weighted by Crippen LogP contribution is -2.30. The Morgan fingerprint density at radius 1 is 1.32 bits per heavy atom. The van der Waals surface area contributed by atoms with Gasteiger partial charge in [-0.3, -0.25) is 0 Å². The third-order valence-corrected chi connectivity index (χ3v) is 3.45. The van der Waals surface area contributed by atoms with Gasteiger partial charge in [-0.25, -0.2) is 4.39 Å². The van der Waals surface area contributed by atoms with Gasteiger partial charge in [-0.1, -0.05) is 6.07 Å². The van der Waals surface area contributed by atoms with Crippen molar-refractivity contribution >= 4 is 0 Å². The smallest absolute Gasteiger partial charge is 0.165 e. The second-order valence-electron chi connectivity index (χ2n) is 4.89. The minimum atomic E-state index is -0.253. The maximum absolute atomic E-state index is 13.7. The zero-order valence-corrected chi connectivity index (χ0v) is 11.6. The highest BCUT2D eigenvalue weighted by molar-refractivity contribution is 5.29. The molecule has 0 atom stereocenters. The topological polar surface area (TPSA) is 24.5 Å². The summed E-state index contributed by atoms with van der Waals surface area (Å²) in [5.41, 5.74) is 1.04. The van der Waals surface area contributed by atoms with Crippen molar-refractivity contribution in [2.24, 2.45) is 0 Å². The number of ether oxygens (including phenoxy) is 1. The van der Waals surface area contributed by atoms with Crippen LogP contribution in [0.25, 0.3) is 0 Å². The van der Waals surface area contributed by atoms with Gasteiger partial charge in [0.2, 0.25) is 0 Å². The van der Waals surface area contributed by atoms with Crippen molar-refractivity contribution in [3.63, 3.8) is 0 Å². The first-order chi connectivity index (χ1) is 9.29. The molecule has 1 aromatic rings. The highest BCUT2D eigenvalue weighted by atomic mass is 19.1. The molecule has 19 heavy (non-hydrogen) atoms. The number of nitrogens with zero attached hydrogens (tertiary/aromatic N) is 1. The second-order valence-corrected chi connectivity index (χ2v) is 4.89. The predicted octanol–water partition coefficient (Wildman–Crippen LogP) is 2.06. The summed E-state index contributed by atoms with van der Waals surface area (Å²) >= 11 is 0. The molecule has 0 aromatic heterocycles. The number of rotatable bonds is 5. The third kappa shape index (κ3) is 4.48. The van der Waals surface area contributed by atoms with E-state index in [9.17, 15) is 4.39 Å². The average Bonchev–Trinajstić information content (AvgIpc) is 2.68. The normalized spacial score (nSPS) is 17.2. The third-order valence-electron chi connectivity index (χ3n) is 3.45. The molecule has 1 aromatic carbocycles. The Morgan fingerprint density at radius 3 is 3.00 bits per heavy atom. The molecule has 1 aliphatic rings. The number of hydrogen-bond donors (Lipinski definition) is 1. The summed E-state index contributed by atoms with van der Waals surface area (Å²) in [7, 11) is 0. The summed E-state index contributed by atoms with van der Waals surface area (Å²) in [4.78, 5) is 2.44.